The molecule has 2 aromatic rings. The van der Waals surface area contributed by atoms with Crippen LogP contribution < -0.4 is 0 Å². The Morgan fingerprint density at radius 1 is 1.06 bits per heavy atom. The van der Waals surface area contributed by atoms with Crippen LogP contribution in [0.5, 0.6) is 0 Å². The number of nitrogens with zero attached hydrogens (tertiary/aromatic N) is 2. The standard InChI is InChI=1S/C13H13FN2/c1-9(2)10-4-3-5-11(6-10)12-7-15-13(14)16-8-12/h3-9H,1-2H3. The van der Waals surface area contributed by atoms with E-state index >= 15 is 0 Å². The van der Waals surface area contributed by atoms with Crippen LogP contribution in [-0.4, -0.2) is 9.97 Å². The van der Waals surface area contributed by atoms with Crippen LogP contribution in [0.15, 0.2) is 36.7 Å². The van der Waals surface area contributed by atoms with Gasteiger partial charge < -0.3 is 0 Å². The molecule has 0 saturated heterocycles. The van der Waals surface area contributed by atoms with Crippen LogP contribution >= 0.6 is 0 Å². The highest BCUT2D eigenvalue weighted by atomic mass is 19.1. The van der Waals surface area contributed by atoms with Gasteiger partial charge in [0.15, 0.2) is 0 Å². The van der Waals surface area contributed by atoms with Gasteiger partial charge in [0.2, 0.25) is 0 Å². The predicted octanol–water partition coefficient (Wildman–Crippen LogP) is 3.41. The average molecular weight is 216 g/mol. The largest absolute Gasteiger partial charge is 0.308 e. The summed E-state index contributed by atoms with van der Waals surface area (Å²) in [5, 5.41) is 0. The molecule has 1 aromatic heterocycles. The first-order chi connectivity index (χ1) is 7.66. The highest BCUT2D eigenvalue weighted by molar-refractivity contribution is 5.62. The molecule has 82 valence electrons. The summed E-state index contributed by atoms with van der Waals surface area (Å²) < 4.78 is 12.6. The van der Waals surface area contributed by atoms with Gasteiger partial charge in [0, 0.05) is 18.0 Å². The van der Waals surface area contributed by atoms with Gasteiger partial charge in [0.1, 0.15) is 0 Å². The Hall–Kier alpha value is -1.77. The van der Waals surface area contributed by atoms with E-state index in [9.17, 15) is 4.39 Å². The Morgan fingerprint density at radius 2 is 1.75 bits per heavy atom. The van der Waals surface area contributed by atoms with Gasteiger partial charge in [0.05, 0.1) is 0 Å². The molecule has 0 fully saturated rings. The van der Waals surface area contributed by atoms with Crippen LogP contribution in [0, 0.1) is 6.08 Å². The molecule has 0 N–H and O–H groups in total. The Labute approximate surface area is 94.2 Å². The van der Waals surface area contributed by atoms with Gasteiger partial charge in [-0.15, -0.1) is 0 Å². The maximum atomic E-state index is 12.6. The number of halogens is 1. The molecule has 1 aromatic carbocycles. The second-order valence-corrected chi connectivity index (χ2v) is 4.02. The van der Waals surface area contributed by atoms with Gasteiger partial charge in [-0.3, -0.25) is 0 Å². The SMILES string of the molecule is CC(C)c1cccc(-c2cnc(F)nc2)c1. The zero-order valence-corrected chi connectivity index (χ0v) is 9.31. The normalized spacial score (nSPS) is 10.8. The van der Waals surface area contributed by atoms with Gasteiger partial charge in [-0.05, 0) is 17.0 Å². The van der Waals surface area contributed by atoms with Crippen molar-refractivity contribution >= 4 is 0 Å². The van der Waals surface area contributed by atoms with Crippen molar-refractivity contribution in [2.45, 2.75) is 19.8 Å². The molecular formula is C13H13FN2. The predicted molar refractivity (Wildman–Crippen MR) is 61.5 cm³/mol. The third-order valence-electron chi connectivity index (χ3n) is 2.51. The lowest BCUT2D eigenvalue weighted by molar-refractivity contribution is 0.539. The van der Waals surface area contributed by atoms with E-state index in [-0.39, 0.29) is 0 Å². The van der Waals surface area contributed by atoms with Crippen molar-refractivity contribution in [3.8, 4) is 11.1 Å². The molecule has 0 aliphatic heterocycles. The zero-order valence-electron chi connectivity index (χ0n) is 9.31. The van der Waals surface area contributed by atoms with Crippen molar-refractivity contribution in [2.75, 3.05) is 0 Å². The number of rotatable bonds is 2. The first kappa shape index (κ1) is 10.7. The third-order valence-corrected chi connectivity index (χ3v) is 2.51. The fourth-order valence-corrected chi connectivity index (χ4v) is 1.54. The maximum Gasteiger partial charge on any atom is 0.308 e. The van der Waals surface area contributed by atoms with Crippen LogP contribution in [0.1, 0.15) is 25.3 Å². The van der Waals surface area contributed by atoms with E-state index in [2.05, 4.69) is 35.9 Å². The Morgan fingerprint density at radius 3 is 2.38 bits per heavy atom. The summed E-state index contributed by atoms with van der Waals surface area (Å²) in [5.41, 5.74) is 3.11. The summed E-state index contributed by atoms with van der Waals surface area (Å²) in [6.07, 6.45) is 2.31. The molecule has 16 heavy (non-hydrogen) atoms. The van der Waals surface area contributed by atoms with Crippen LogP contribution in [0.3, 0.4) is 0 Å². The average Bonchev–Trinajstić information content (AvgIpc) is 2.30. The first-order valence-corrected chi connectivity index (χ1v) is 5.24. The fraction of sp³-hybridized carbons (Fsp3) is 0.231. The highest BCUT2D eigenvalue weighted by Crippen LogP contribution is 2.22. The molecule has 0 aliphatic rings. The molecule has 0 unspecified atom stereocenters. The summed E-state index contributed by atoms with van der Waals surface area (Å²) in [6, 6.07) is 8.14. The molecule has 0 amide bonds. The lowest BCUT2D eigenvalue weighted by Crippen LogP contribution is -1.91. The van der Waals surface area contributed by atoms with Crippen molar-refractivity contribution in [3.63, 3.8) is 0 Å². The summed E-state index contributed by atoms with van der Waals surface area (Å²) in [5.74, 6) is 0.473. The summed E-state index contributed by atoms with van der Waals surface area (Å²) in [4.78, 5) is 7.10. The monoisotopic (exact) mass is 216 g/mol. The topological polar surface area (TPSA) is 25.8 Å². The molecule has 0 radical (unpaired) electrons. The van der Waals surface area contributed by atoms with E-state index in [0.717, 1.165) is 11.1 Å². The summed E-state index contributed by atoms with van der Waals surface area (Å²) >= 11 is 0. The Kier molecular flexibility index (Phi) is 2.95. The number of hydrogen-bond acceptors (Lipinski definition) is 2. The second kappa shape index (κ2) is 4.39. The fourth-order valence-electron chi connectivity index (χ4n) is 1.54. The summed E-state index contributed by atoms with van der Waals surface area (Å²) in [6.45, 7) is 4.28. The molecule has 0 atom stereocenters. The molecule has 3 heteroatoms. The van der Waals surface area contributed by atoms with Crippen LogP contribution in [-0.2, 0) is 0 Å². The smallest absolute Gasteiger partial charge is 0.210 e. The maximum absolute atomic E-state index is 12.6. The van der Waals surface area contributed by atoms with Gasteiger partial charge in [-0.25, -0.2) is 9.97 Å². The first-order valence-electron chi connectivity index (χ1n) is 5.24. The number of aromatic nitrogens is 2. The molecule has 0 spiro atoms. The van der Waals surface area contributed by atoms with Gasteiger partial charge >= 0.3 is 6.08 Å². The van der Waals surface area contributed by atoms with E-state index in [1.807, 2.05) is 12.1 Å². The van der Waals surface area contributed by atoms with Gasteiger partial charge in [-0.2, -0.15) is 4.39 Å². The highest BCUT2D eigenvalue weighted by Gasteiger charge is 2.03. The summed E-state index contributed by atoms with van der Waals surface area (Å²) in [7, 11) is 0. The van der Waals surface area contributed by atoms with Crippen LogP contribution in [0.25, 0.3) is 11.1 Å². The van der Waals surface area contributed by atoms with Crippen molar-refractivity contribution < 1.29 is 4.39 Å². The minimum absolute atomic E-state index is 0.473. The lowest BCUT2D eigenvalue weighted by atomic mass is 9.99. The third kappa shape index (κ3) is 2.24. The minimum atomic E-state index is -0.691. The van der Waals surface area contributed by atoms with Crippen molar-refractivity contribution in [3.05, 3.63) is 48.3 Å². The zero-order chi connectivity index (χ0) is 11.5. The van der Waals surface area contributed by atoms with E-state index in [1.54, 1.807) is 0 Å². The lowest BCUT2D eigenvalue weighted by Gasteiger charge is -2.07. The van der Waals surface area contributed by atoms with E-state index in [4.69, 9.17) is 0 Å². The van der Waals surface area contributed by atoms with Crippen LogP contribution in [0.4, 0.5) is 4.39 Å². The number of hydrogen-bond donors (Lipinski definition) is 0. The molecular weight excluding hydrogens is 203 g/mol. The van der Waals surface area contributed by atoms with Crippen molar-refractivity contribution in [1.29, 1.82) is 0 Å². The van der Waals surface area contributed by atoms with E-state index in [1.165, 1.54) is 18.0 Å². The number of benzene rings is 1. The molecule has 0 aliphatic carbocycles. The minimum Gasteiger partial charge on any atom is -0.210 e. The van der Waals surface area contributed by atoms with Crippen LogP contribution in [0.2, 0.25) is 0 Å². The van der Waals surface area contributed by atoms with E-state index < -0.39 is 6.08 Å². The molecule has 1 heterocycles. The molecule has 2 rings (SSSR count). The quantitative estimate of drug-likeness (QED) is 0.719. The van der Waals surface area contributed by atoms with Gasteiger partial charge in [0.25, 0.3) is 0 Å². The van der Waals surface area contributed by atoms with Gasteiger partial charge in [-0.1, -0.05) is 38.1 Å². The molecule has 0 bridgehead atoms. The van der Waals surface area contributed by atoms with E-state index in [0.29, 0.717) is 5.92 Å². The Balaban J connectivity index is 2.40. The molecule has 0 saturated carbocycles. The van der Waals surface area contributed by atoms with Crippen molar-refractivity contribution in [2.24, 2.45) is 0 Å². The molecule has 2 nitrogen and oxygen atoms in total. The second-order valence-electron chi connectivity index (χ2n) is 4.02. The Bertz CT molecular complexity index is 478. The van der Waals surface area contributed by atoms with Crippen molar-refractivity contribution in [1.82, 2.24) is 9.97 Å².